The Morgan fingerprint density at radius 2 is 1.90 bits per heavy atom. The molecular weight excluding hydrogens is 293 g/mol. The molecule has 1 atom stereocenters. The molecule has 3 rings (SSSR count). The molecule has 0 aliphatic heterocycles. The fourth-order valence-corrected chi connectivity index (χ4v) is 2.89. The number of para-hydroxylation sites is 2. The molecule has 6 heteroatoms. The number of hydrogen-bond donors (Lipinski definition) is 1. The van der Waals surface area contributed by atoms with Crippen LogP contribution >= 0.6 is 11.3 Å². The molecule has 2 aromatic carbocycles. The molecular formula is C15H10FNO3S. The topological polar surface area (TPSA) is 59.4 Å². The minimum atomic E-state index is -2.40. The zero-order valence-corrected chi connectivity index (χ0v) is 11.5. The third kappa shape index (κ3) is 2.71. The molecule has 0 spiro atoms. The number of aliphatic carboxylic acids is 1. The summed E-state index contributed by atoms with van der Waals surface area (Å²) in [7, 11) is 0. The summed E-state index contributed by atoms with van der Waals surface area (Å²) in [5, 5.41) is 9.26. The first-order valence-electron chi connectivity index (χ1n) is 6.13. The molecule has 0 radical (unpaired) electrons. The van der Waals surface area contributed by atoms with Gasteiger partial charge in [0.05, 0.1) is 15.8 Å². The summed E-state index contributed by atoms with van der Waals surface area (Å²) < 4.78 is 19.1. The van der Waals surface area contributed by atoms with E-state index >= 15 is 0 Å². The first-order chi connectivity index (χ1) is 10.1. The lowest BCUT2D eigenvalue weighted by molar-refractivity contribution is -0.153. The van der Waals surface area contributed by atoms with Crippen LogP contribution in [0.1, 0.15) is 0 Å². The molecule has 4 nitrogen and oxygen atoms in total. The molecule has 0 bridgehead atoms. The minimum absolute atomic E-state index is 0.159. The Kier molecular flexibility index (Phi) is 3.53. The number of hydrogen-bond acceptors (Lipinski definition) is 4. The van der Waals surface area contributed by atoms with E-state index in [4.69, 9.17) is 9.84 Å². The van der Waals surface area contributed by atoms with Gasteiger partial charge in [-0.1, -0.05) is 24.3 Å². The first-order valence-corrected chi connectivity index (χ1v) is 6.95. The molecule has 1 unspecified atom stereocenters. The number of halogens is 1. The van der Waals surface area contributed by atoms with Crippen LogP contribution in [-0.2, 0) is 4.79 Å². The number of benzene rings is 2. The highest BCUT2D eigenvalue weighted by Crippen LogP contribution is 2.35. The van der Waals surface area contributed by atoms with Gasteiger partial charge in [-0.25, -0.2) is 9.78 Å². The summed E-state index contributed by atoms with van der Waals surface area (Å²) in [6.07, 6.45) is -2.40. The molecule has 0 aliphatic carbocycles. The van der Waals surface area contributed by atoms with E-state index in [9.17, 15) is 9.18 Å². The molecule has 0 aliphatic rings. The second-order valence-corrected chi connectivity index (χ2v) is 5.29. The van der Waals surface area contributed by atoms with Crippen molar-refractivity contribution in [1.29, 1.82) is 0 Å². The normalized spacial score (nSPS) is 12.2. The Balaban J connectivity index is 2.03. The number of aromatic nitrogens is 1. The zero-order valence-electron chi connectivity index (χ0n) is 10.7. The number of nitrogens with zero attached hydrogens (tertiary/aromatic N) is 1. The lowest BCUT2D eigenvalue weighted by Crippen LogP contribution is -2.21. The summed E-state index contributed by atoms with van der Waals surface area (Å²) in [6, 6.07) is 14.3. The summed E-state index contributed by atoms with van der Waals surface area (Å²) >= 11 is 1.44. The highest BCUT2D eigenvalue weighted by Gasteiger charge is 2.20. The Morgan fingerprint density at radius 1 is 1.19 bits per heavy atom. The average molecular weight is 303 g/mol. The fourth-order valence-electron chi connectivity index (χ4n) is 1.90. The average Bonchev–Trinajstić information content (AvgIpc) is 2.91. The Morgan fingerprint density at radius 3 is 2.67 bits per heavy atom. The lowest BCUT2D eigenvalue weighted by atomic mass is 10.2. The number of ether oxygens (including phenoxy) is 1. The molecule has 3 aromatic rings. The van der Waals surface area contributed by atoms with Gasteiger partial charge in [-0.3, -0.25) is 0 Å². The van der Waals surface area contributed by atoms with Crippen LogP contribution in [0.15, 0.2) is 48.5 Å². The van der Waals surface area contributed by atoms with Crippen molar-refractivity contribution in [2.45, 2.75) is 6.36 Å². The second kappa shape index (κ2) is 5.49. The molecule has 1 heterocycles. The van der Waals surface area contributed by atoms with Crippen LogP contribution in [0.2, 0.25) is 0 Å². The van der Waals surface area contributed by atoms with Crippen LogP contribution in [0.25, 0.3) is 20.8 Å². The maximum atomic E-state index is 13.3. The number of carboxylic acids is 1. The van der Waals surface area contributed by atoms with E-state index in [1.165, 1.54) is 17.4 Å². The highest BCUT2D eigenvalue weighted by molar-refractivity contribution is 7.21. The third-order valence-corrected chi connectivity index (χ3v) is 3.91. The van der Waals surface area contributed by atoms with E-state index in [0.29, 0.717) is 10.6 Å². The summed E-state index contributed by atoms with van der Waals surface area (Å²) in [5.41, 5.74) is 1.41. The van der Waals surface area contributed by atoms with E-state index in [1.807, 2.05) is 24.3 Å². The number of alkyl halides is 1. The van der Waals surface area contributed by atoms with Gasteiger partial charge in [-0.2, -0.15) is 4.39 Å². The summed E-state index contributed by atoms with van der Waals surface area (Å²) in [4.78, 5) is 15.0. The Bertz CT molecular complexity index is 769. The van der Waals surface area contributed by atoms with Gasteiger partial charge < -0.3 is 9.84 Å². The van der Waals surface area contributed by atoms with E-state index in [0.717, 1.165) is 10.2 Å². The summed E-state index contributed by atoms with van der Waals surface area (Å²) in [5.74, 6) is -1.50. The number of carboxylic acid groups (broad SMARTS) is 1. The van der Waals surface area contributed by atoms with Crippen molar-refractivity contribution >= 4 is 27.5 Å². The zero-order chi connectivity index (χ0) is 14.8. The minimum Gasteiger partial charge on any atom is -0.476 e. The molecule has 106 valence electrons. The van der Waals surface area contributed by atoms with Gasteiger partial charge in [0.15, 0.2) is 0 Å². The van der Waals surface area contributed by atoms with E-state index in [2.05, 4.69) is 4.98 Å². The molecule has 21 heavy (non-hydrogen) atoms. The van der Waals surface area contributed by atoms with E-state index in [1.54, 1.807) is 18.2 Å². The molecule has 0 amide bonds. The van der Waals surface area contributed by atoms with Gasteiger partial charge in [0.1, 0.15) is 10.8 Å². The van der Waals surface area contributed by atoms with Crippen LogP contribution in [0, 0.1) is 0 Å². The molecule has 0 saturated carbocycles. The second-order valence-electron chi connectivity index (χ2n) is 4.26. The van der Waals surface area contributed by atoms with Crippen LogP contribution in [0.4, 0.5) is 4.39 Å². The Labute approximate surface area is 123 Å². The Hall–Kier alpha value is -2.47. The van der Waals surface area contributed by atoms with Crippen molar-refractivity contribution in [1.82, 2.24) is 4.98 Å². The SMILES string of the molecule is O=C(O)C(F)Oc1ccccc1-c1nc2ccccc2s1. The van der Waals surface area contributed by atoms with Crippen molar-refractivity contribution < 1.29 is 19.0 Å². The van der Waals surface area contributed by atoms with E-state index in [-0.39, 0.29) is 5.75 Å². The molecule has 1 aromatic heterocycles. The van der Waals surface area contributed by atoms with Crippen molar-refractivity contribution in [3.8, 4) is 16.3 Å². The third-order valence-electron chi connectivity index (χ3n) is 2.84. The predicted molar refractivity (Wildman–Crippen MR) is 78.2 cm³/mol. The summed E-state index contributed by atoms with van der Waals surface area (Å²) in [6.45, 7) is 0. The standard InChI is InChI=1S/C15H10FNO3S/c16-13(15(18)19)20-11-7-3-1-5-9(11)14-17-10-6-2-4-8-12(10)21-14/h1-8,13H,(H,18,19). The van der Waals surface area contributed by atoms with Gasteiger partial charge >= 0.3 is 12.3 Å². The van der Waals surface area contributed by atoms with Crippen LogP contribution < -0.4 is 4.74 Å². The van der Waals surface area contributed by atoms with Crippen molar-refractivity contribution in [2.75, 3.05) is 0 Å². The maximum absolute atomic E-state index is 13.3. The van der Waals surface area contributed by atoms with Crippen LogP contribution in [-0.4, -0.2) is 22.4 Å². The number of rotatable bonds is 4. The van der Waals surface area contributed by atoms with Crippen molar-refractivity contribution in [2.24, 2.45) is 0 Å². The lowest BCUT2D eigenvalue weighted by Gasteiger charge is -2.10. The predicted octanol–water partition coefficient (Wildman–Crippen LogP) is 3.72. The first kappa shape index (κ1) is 13.5. The van der Waals surface area contributed by atoms with Crippen molar-refractivity contribution in [3.05, 3.63) is 48.5 Å². The fraction of sp³-hybridized carbons (Fsp3) is 0.0667. The molecule has 0 saturated heterocycles. The van der Waals surface area contributed by atoms with Crippen molar-refractivity contribution in [3.63, 3.8) is 0 Å². The van der Waals surface area contributed by atoms with Gasteiger partial charge in [0, 0.05) is 0 Å². The maximum Gasteiger partial charge on any atom is 0.378 e. The van der Waals surface area contributed by atoms with E-state index < -0.39 is 12.3 Å². The van der Waals surface area contributed by atoms with Gasteiger partial charge in [0.2, 0.25) is 0 Å². The molecule has 0 fully saturated rings. The monoisotopic (exact) mass is 303 g/mol. The number of carbonyl (C=O) groups is 1. The van der Waals surface area contributed by atoms with Gasteiger partial charge in [-0.15, -0.1) is 11.3 Å². The number of fused-ring (bicyclic) bond motifs is 1. The highest BCUT2D eigenvalue weighted by atomic mass is 32.1. The van der Waals surface area contributed by atoms with Gasteiger partial charge in [0.25, 0.3) is 0 Å². The largest absolute Gasteiger partial charge is 0.476 e. The number of thiazole rings is 1. The smallest absolute Gasteiger partial charge is 0.378 e. The van der Waals surface area contributed by atoms with Crippen LogP contribution in [0.5, 0.6) is 5.75 Å². The quantitative estimate of drug-likeness (QED) is 0.798. The van der Waals surface area contributed by atoms with Crippen LogP contribution in [0.3, 0.4) is 0 Å². The van der Waals surface area contributed by atoms with Gasteiger partial charge in [-0.05, 0) is 24.3 Å². The molecule has 1 N–H and O–H groups in total.